The summed E-state index contributed by atoms with van der Waals surface area (Å²) >= 11 is 0. The first kappa shape index (κ1) is 13.1. The molecule has 0 radical (unpaired) electrons. The van der Waals surface area contributed by atoms with Gasteiger partial charge in [0.1, 0.15) is 0 Å². The standard InChI is InChI=1S/C18H23N3/c1-13-10-16(9-6-14(13)11-19-15-7-8-15)21-12-20-17-4-2-3-5-18(17)21/h6,9-10,12,15,19H,2-5,7-8,11H2,1H3. The Kier molecular flexibility index (Phi) is 3.30. The molecular formula is C18H23N3. The minimum Gasteiger partial charge on any atom is -0.310 e. The van der Waals surface area contributed by atoms with Crippen LogP contribution in [0.2, 0.25) is 0 Å². The summed E-state index contributed by atoms with van der Waals surface area (Å²) in [6.07, 6.45) is 9.59. The predicted octanol–water partition coefficient (Wildman–Crippen LogP) is 3.31. The van der Waals surface area contributed by atoms with Crippen LogP contribution in [0.5, 0.6) is 0 Å². The van der Waals surface area contributed by atoms with Crippen molar-refractivity contribution >= 4 is 0 Å². The second kappa shape index (κ2) is 5.30. The molecule has 0 saturated heterocycles. The number of imidazole rings is 1. The van der Waals surface area contributed by atoms with E-state index in [-0.39, 0.29) is 0 Å². The molecule has 2 aliphatic rings. The number of rotatable bonds is 4. The zero-order valence-corrected chi connectivity index (χ0v) is 12.7. The van der Waals surface area contributed by atoms with Crippen LogP contribution in [0.25, 0.3) is 5.69 Å². The van der Waals surface area contributed by atoms with Crippen LogP contribution in [0.1, 0.15) is 48.2 Å². The SMILES string of the molecule is Cc1cc(-n2cnc3c2CCCC3)ccc1CNC1CC1. The monoisotopic (exact) mass is 281 g/mol. The van der Waals surface area contributed by atoms with Gasteiger partial charge in [-0.15, -0.1) is 0 Å². The van der Waals surface area contributed by atoms with Crippen molar-refractivity contribution in [1.82, 2.24) is 14.9 Å². The van der Waals surface area contributed by atoms with Crippen LogP contribution in [0.15, 0.2) is 24.5 Å². The van der Waals surface area contributed by atoms with E-state index in [4.69, 9.17) is 0 Å². The Balaban J connectivity index is 1.60. The van der Waals surface area contributed by atoms with Gasteiger partial charge in [-0.1, -0.05) is 6.07 Å². The summed E-state index contributed by atoms with van der Waals surface area (Å²) in [7, 11) is 0. The van der Waals surface area contributed by atoms with Gasteiger partial charge in [-0.05, 0) is 68.7 Å². The summed E-state index contributed by atoms with van der Waals surface area (Å²) < 4.78 is 2.29. The minimum atomic E-state index is 0.768. The smallest absolute Gasteiger partial charge is 0.0997 e. The molecule has 0 spiro atoms. The van der Waals surface area contributed by atoms with Crippen LogP contribution in [0.3, 0.4) is 0 Å². The Hall–Kier alpha value is -1.61. The van der Waals surface area contributed by atoms with E-state index in [0.717, 1.165) is 19.0 Å². The van der Waals surface area contributed by atoms with Crippen molar-refractivity contribution in [3.05, 3.63) is 47.0 Å². The van der Waals surface area contributed by atoms with Gasteiger partial charge in [-0.3, -0.25) is 0 Å². The summed E-state index contributed by atoms with van der Waals surface area (Å²) in [5.41, 5.74) is 6.78. The van der Waals surface area contributed by atoms with Crippen LogP contribution in [0, 0.1) is 6.92 Å². The second-order valence-electron chi connectivity index (χ2n) is 6.48. The van der Waals surface area contributed by atoms with Crippen LogP contribution in [0.4, 0.5) is 0 Å². The predicted molar refractivity (Wildman–Crippen MR) is 84.8 cm³/mol. The normalized spacial score (nSPS) is 17.8. The van der Waals surface area contributed by atoms with Crippen LogP contribution in [-0.4, -0.2) is 15.6 Å². The molecule has 3 nitrogen and oxygen atoms in total. The van der Waals surface area contributed by atoms with Gasteiger partial charge >= 0.3 is 0 Å². The fourth-order valence-corrected chi connectivity index (χ4v) is 3.26. The zero-order chi connectivity index (χ0) is 14.2. The maximum Gasteiger partial charge on any atom is 0.0997 e. The van der Waals surface area contributed by atoms with Crippen LogP contribution >= 0.6 is 0 Å². The molecule has 4 rings (SSSR count). The van der Waals surface area contributed by atoms with E-state index in [1.807, 2.05) is 6.33 Å². The zero-order valence-electron chi connectivity index (χ0n) is 12.7. The van der Waals surface area contributed by atoms with Gasteiger partial charge in [0.15, 0.2) is 0 Å². The number of fused-ring (bicyclic) bond motifs is 1. The average molecular weight is 281 g/mol. The first-order valence-corrected chi connectivity index (χ1v) is 8.19. The van der Waals surface area contributed by atoms with E-state index in [9.17, 15) is 0 Å². The summed E-state index contributed by atoms with van der Waals surface area (Å²) in [5.74, 6) is 0. The van der Waals surface area contributed by atoms with Crippen LogP contribution in [-0.2, 0) is 19.4 Å². The summed E-state index contributed by atoms with van der Waals surface area (Å²) in [6, 6.07) is 7.59. The summed E-state index contributed by atoms with van der Waals surface area (Å²) in [5, 5.41) is 3.60. The second-order valence-corrected chi connectivity index (χ2v) is 6.48. The Morgan fingerprint density at radius 3 is 2.90 bits per heavy atom. The Morgan fingerprint density at radius 2 is 2.10 bits per heavy atom. The highest BCUT2D eigenvalue weighted by molar-refractivity contribution is 5.42. The van der Waals surface area contributed by atoms with Crippen molar-refractivity contribution in [2.75, 3.05) is 0 Å². The lowest BCUT2D eigenvalue weighted by Crippen LogP contribution is -2.16. The number of nitrogens with zero attached hydrogens (tertiary/aromatic N) is 2. The number of aryl methyl sites for hydroxylation is 2. The number of benzene rings is 1. The molecule has 21 heavy (non-hydrogen) atoms. The van der Waals surface area contributed by atoms with E-state index < -0.39 is 0 Å². The minimum absolute atomic E-state index is 0.768. The topological polar surface area (TPSA) is 29.9 Å². The third kappa shape index (κ3) is 2.62. The molecule has 1 aromatic heterocycles. The molecule has 1 saturated carbocycles. The maximum atomic E-state index is 4.60. The fourth-order valence-electron chi connectivity index (χ4n) is 3.26. The molecule has 0 atom stereocenters. The molecular weight excluding hydrogens is 258 g/mol. The summed E-state index contributed by atoms with van der Waals surface area (Å²) in [4.78, 5) is 4.60. The van der Waals surface area contributed by atoms with Crippen molar-refractivity contribution in [1.29, 1.82) is 0 Å². The highest BCUT2D eigenvalue weighted by atomic mass is 15.1. The molecule has 2 aromatic rings. The lowest BCUT2D eigenvalue weighted by molar-refractivity contribution is 0.655. The van der Waals surface area contributed by atoms with Crippen molar-refractivity contribution in [2.45, 2.75) is 58.0 Å². The quantitative estimate of drug-likeness (QED) is 0.932. The first-order chi connectivity index (χ1) is 10.3. The highest BCUT2D eigenvalue weighted by Crippen LogP contribution is 2.25. The van der Waals surface area contributed by atoms with E-state index in [2.05, 4.69) is 40.0 Å². The molecule has 0 amide bonds. The molecule has 1 fully saturated rings. The number of hydrogen-bond donors (Lipinski definition) is 1. The molecule has 0 unspecified atom stereocenters. The molecule has 3 heteroatoms. The number of hydrogen-bond acceptors (Lipinski definition) is 2. The number of nitrogens with one attached hydrogen (secondary N) is 1. The first-order valence-electron chi connectivity index (χ1n) is 8.19. The molecule has 2 aliphatic carbocycles. The Bertz CT molecular complexity index is 652. The van der Waals surface area contributed by atoms with Gasteiger partial charge in [-0.25, -0.2) is 4.98 Å². The third-order valence-electron chi connectivity index (χ3n) is 4.79. The average Bonchev–Trinajstić information content (AvgIpc) is 3.23. The molecule has 0 bridgehead atoms. The van der Waals surface area contributed by atoms with Gasteiger partial charge in [0.2, 0.25) is 0 Å². The molecule has 0 aliphatic heterocycles. The van der Waals surface area contributed by atoms with Gasteiger partial charge < -0.3 is 9.88 Å². The Labute approximate surface area is 126 Å². The van der Waals surface area contributed by atoms with E-state index in [1.54, 1.807) is 0 Å². The Morgan fingerprint density at radius 1 is 1.24 bits per heavy atom. The van der Waals surface area contributed by atoms with E-state index in [0.29, 0.717) is 0 Å². The van der Waals surface area contributed by atoms with Crippen LogP contribution < -0.4 is 5.32 Å². The largest absolute Gasteiger partial charge is 0.310 e. The van der Waals surface area contributed by atoms with Crippen molar-refractivity contribution < 1.29 is 0 Å². The van der Waals surface area contributed by atoms with Crippen molar-refractivity contribution in [2.24, 2.45) is 0 Å². The molecule has 1 N–H and O–H groups in total. The summed E-state index contributed by atoms with van der Waals surface area (Å²) in [6.45, 7) is 3.22. The van der Waals surface area contributed by atoms with Gasteiger partial charge in [0.25, 0.3) is 0 Å². The van der Waals surface area contributed by atoms with Gasteiger partial charge in [0, 0.05) is 24.0 Å². The molecule has 1 aromatic carbocycles. The van der Waals surface area contributed by atoms with Crippen molar-refractivity contribution in [3.8, 4) is 5.69 Å². The van der Waals surface area contributed by atoms with Gasteiger partial charge in [0.05, 0.1) is 12.0 Å². The van der Waals surface area contributed by atoms with Gasteiger partial charge in [-0.2, -0.15) is 0 Å². The lowest BCUT2D eigenvalue weighted by Gasteiger charge is -2.15. The highest BCUT2D eigenvalue weighted by Gasteiger charge is 2.20. The van der Waals surface area contributed by atoms with E-state index >= 15 is 0 Å². The molecule has 110 valence electrons. The van der Waals surface area contributed by atoms with Crippen molar-refractivity contribution in [3.63, 3.8) is 0 Å². The molecule has 1 heterocycles. The number of aromatic nitrogens is 2. The van der Waals surface area contributed by atoms with E-state index in [1.165, 1.54) is 60.3 Å². The maximum absolute atomic E-state index is 4.60. The lowest BCUT2D eigenvalue weighted by atomic mass is 10.0. The fraction of sp³-hybridized carbons (Fsp3) is 0.500. The third-order valence-corrected chi connectivity index (χ3v) is 4.79.